The summed E-state index contributed by atoms with van der Waals surface area (Å²) in [4.78, 5) is 21.1. The van der Waals surface area contributed by atoms with Crippen LogP contribution in [0, 0.1) is 18.8 Å². The zero-order chi connectivity index (χ0) is 21.5. The first-order valence-electron chi connectivity index (χ1n) is 9.64. The van der Waals surface area contributed by atoms with E-state index in [1.54, 1.807) is 11.6 Å². The van der Waals surface area contributed by atoms with Crippen LogP contribution in [0.4, 0.5) is 5.69 Å². The molecule has 0 atom stereocenters. The molecule has 2 aromatic heterocycles. The number of anilines is 1. The minimum atomic E-state index is -0.271. The number of hydrogen-bond acceptors (Lipinski definition) is 5. The smallest absolute Gasteiger partial charge is 0.275 e. The van der Waals surface area contributed by atoms with E-state index in [1.807, 2.05) is 73.7 Å². The number of aryl methyl sites for hydroxylation is 1. The molecule has 0 aliphatic rings. The van der Waals surface area contributed by atoms with Crippen molar-refractivity contribution in [3.63, 3.8) is 0 Å². The summed E-state index contributed by atoms with van der Waals surface area (Å²) in [5.41, 5.74) is 3.67. The second-order valence-electron chi connectivity index (χ2n) is 6.73. The van der Waals surface area contributed by atoms with E-state index in [0.29, 0.717) is 23.7 Å². The zero-order valence-corrected chi connectivity index (χ0v) is 17.6. The number of carbonyl (C=O) groups excluding carboxylic acids is 1. The molecule has 0 aliphatic carbocycles. The molecule has 4 aromatic rings. The summed E-state index contributed by atoms with van der Waals surface area (Å²) in [5.74, 6) is 6.57. The lowest BCUT2D eigenvalue weighted by atomic mass is 10.2. The van der Waals surface area contributed by atoms with Gasteiger partial charge >= 0.3 is 0 Å². The first kappa shape index (κ1) is 20.3. The Balaban J connectivity index is 1.37. The number of amides is 1. The van der Waals surface area contributed by atoms with Gasteiger partial charge in [-0.3, -0.25) is 4.79 Å². The third kappa shape index (κ3) is 5.78. The average Bonchev–Trinajstić information content (AvgIpc) is 3.28. The highest BCUT2D eigenvalue weighted by Gasteiger charge is 2.12. The van der Waals surface area contributed by atoms with Gasteiger partial charge in [-0.25, -0.2) is 9.97 Å². The molecule has 0 aliphatic heterocycles. The van der Waals surface area contributed by atoms with Crippen LogP contribution in [0.1, 0.15) is 32.3 Å². The second-order valence-corrected chi connectivity index (χ2v) is 7.67. The van der Waals surface area contributed by atoms with E-state index in [4.69, 9.17) is 4.74 Å². The maximum absolute atomic E-state index is 12.6. The molecule has 1 N–H and O–H groups in total. The molecule has 0 bridgehead atoms. The van der Waals surface area contributed by atoms with Gasteiger partial charge in [0, 0.05) is 22.8 Å². The first-order chi connectivity index (χ1) is 15.2. The number of benzene rings is 2. The molecule has 4 rings (SSSR count). The van der Waals surface area contributed by atoms with Gasteiger partial charge in [0.25, 0.3) is 5.91 Å². The van der Waals surface area contributed by atoms with Crippen molar-refractivity contribution < 1.29 is 9.53 Å². The number of hydrogen-bond donors (Lipinski definition) is 1. The fourth-order valence-corrected chi connectivity index (χ4v) is 3.39. The molecule has 0 radical (unpaired) electrons. The Labute approximate surface area is 184 Å². The highest BCUT2D eigenvalue weighted by Crippen LogP contribution is 2.17. The van der Waals surface area contributed by atoms with Gasteiger partial charge in [-0.15, -0.1) is 11.3 Å². The number of aromatic nitrogens is 2. The van der Waals surface area contributed by atoms with Crippen LogP contribution < -0.4 is 10.1 Å². The monoisotopic (exact) mass is 425 g/mol. The standard InChI is InChI=1S/C25H19N3O2S/c1-18-8-12-22(13-9-18)30-16-24-28-23(17-31-24)25(29)27-21-7-4-5-19(15-21)10-11-20-6-2-3-14-26-20/h2-9,12-15,17H,16H2,1H3,(H,27,29). The number of rotatable bonds is 5. The minimum Gasteiger partial charge on any atom is -0.486 e. The molecule has 0 spiro atoms. The van der Waals surface area contributed by atoms with E-state index in [1.165, 1.54) is 16.9 Å². The van der Waals surface area contributed by atoms with Gasteiger partial charge in [-0.2, -0.15) is 0 Å². The van der Waals surface area contributed by atoms with Gasteiger partial charge in [0.1, 0.15) is 28.8 Å². The third-order valence-corrected chi connectivity index (χ3v) is 5.11. The van der Waals surface area contributed by atoms with Crippen molar-refractivity contribution in [2.24, 2.45) is 0 Å². The Morgan fingerprint density at radius 1 is 1.06 bits per heavy atom. The summed E-state index contributed by atoms with van der Waals surface area (Å²) in [5, 5.41) is 5.34. The zero-order valence-electron chi connectivity index (χ0n) is 16.8. The lowest BCUT2D eigenvalue weighted by Crippen LogP contribution is -2.12. The molecule has 0 fully saturated rings. The number of thiazole rings is 1. The largest absolute Gasteiger partial charge is 0.486 e. The van der Waals surface area contributed by atoms with E-state index < -0.39 is 0 Å². The summed E-state index contributed by atoms with van der Waals surface area (Å²) in [7, 11) is 0. The van der Waals surface area contributed by atoms with Gasteiger partial charge in [0.2, 0.25) is 0 Å². The van der Waals surface area contributed by atoms with Crippen molar-refractivity contribution in [3.05, 3.63) is 106 Å². The number of nitrogens with zero attached hydrogens (tertiary/aromatic N) is 2. The molecule has 2 aromatic carbocycles. The van der Waals surface area contributed by atoms with Crippen LogP contribution in [0.15, 0.2) is 78.3 Å². The van der Waals surface area contributed by atoms with Gasteiger partial charge in [-0.05, 0) is 55.3 Å². The van der Waals surface area contributed by atoms with E-state index in [0.717, 1.165) is 16.3 Å². The Kier molecular flexibility index (Phi) is 6.36. The Bertz CT molecular complexity index is 1240. The molecular formula is C25H19N3O2S. The van der Waals surface area contributed by atoms with Crippen LogP contribution in [-0.2, 0) is 6.61 Å². The second kappa shape index (κ2) is 9.70. The van der Waals surface area contributed by atoms with Crippen LogP contribution in [-0.4, -0.2) is 15.9 Å². The van der Waals surface area contributed by atoms with E-state index in [9.17, 15) is 4.79 Å². The number of nitrogens with one attached hydrogen (secondary N) is 1. The number of ether oxygens (including phenoxy) is 1. The molecule has 0 unspecified atom stereocenters. The fourth-order valence-electron chi connectivity index (χ4n) is 2.70. The molecule has 6 heteroatoms. The van der Waals surface area contributed by atoms with Crippen molar-refractivity contribution in [2.75, 3.05) is 5.32 Å². The lowest BCUT2D eigenvalue weighted by molar-refractivity contribution is 0.102. The van der Waals surface area contributed by atoms with Crippen molar-refractivity contribution in [2.45, 2.75) is 13.5 Å². The fraction of sp³-hybridized carbons (Fsp3) is 0.0800. The third-order valence-electron chi connectivity index (χ3n) is 4.29. The summed E-state index contributed by atoms with van der Waals surface area (Å²) >= 11 is 1.39. The van der Waals surface area contributed by atoms with Crippen molar-refractivity contribution in [1.29, 1.82) is 0 Å². The summed E-state index contributed by atoms with van der Waals surface area (Å²) in [6, 6.07) is 20.8. The predicted molar refractivity (Wildman–Crippen MR) is 122 cm³/mol. The average molecular weight is 426 g/mol. The predicted octanol–water partition coefficient (Wildman–Crippen LogP) is 5.08. The molecule has 0 saturated heterocycles. The van der Waals surface area contributed by atoms with Gasteiger partial charge in [0.05, 0.1) is 0 Å². The molecule has 31 heavy (non-hydrogen) atoms. The van der Waals surface area contributed by atoms with E-state index in [2.05, 4.69) is 27.1 Å². The molecule has 1 amide bonds. The Morgan fingerprint density at radius 2 is 1.94 bits per heavy atom. The van der Waals surface area contributed by atoms with E-state index >= 15 is 0 Å². The minimum absolute atomic E-state index is 0.271. The molecular weight excluding hydrogens is 406 g/mol. The van der Waals surface area contributed by atoms with Crippen LogP contribution in [0.5, 0.6) is 5.75 Å². The van der Waals surface area contributed by atoms with Crippen LogP contribution >= 0.6 is 11.3 Å². The number of carbonyl (C=O) groups is 1. The van der Waals surface area contributed by atoms with Crippen molar-refractivity contribution in [1.82, 2.24) is 9.97 Å². The summed E-state index contributed by atoms with van der Waals surface area (Å²) in [6.07, 6.45) is 1.70. The molecule has 152 valence electrons. The van der Waals surface area contributed by atoms with Gasteiger partial charge < -0.3 is 10.1 Å². The quantitative estimate of drug-likeness (QED) is 0.453. The summed E-state index contributed by atoms with van der Waals surface area (Å²) < 4.78 is 5.73. The van der Waals surface area contributed by atoms with Crippen LogP contribution in [0.2, 0.25) is 0 Å². The van der Waals surface area contributed by atoms with Crippen LogP contribution in [0.25, 0.3) is 0 Å². The number of pyridine rings is 1. The van der Waals surface area contributed by atoms with Gasteiger partial charge in [0.15, 0.2) is 0 Å². The maximum atomic E-state index is 12.6. The summed E-state index contributed by atoms with van der Waals surface area (Å²) in [6.45, 7) is 2.35. The topological polar surface area (TPSA) is 64.1 Å². The highest BCUT2D eigenvalue weighted by atomic mass is 32.1. The molecule has 2 heterocycles. The van der Waals surface area contributed by atoms with E-state index in [-0.39, 0.29) is 5.91 Å². The SMILES string of the molecule is Cc1ccc(OCc2nc(C(=O)Nc3cccc(C#Cc4ccccn4)c3)cs2)cc1. The Hall–Kier alpha value is -3.95. The van der Waals surface area contributed by atoms with Crippen molar-refractivity contribution >= 4 is 22.9 Å². The first-order valence-corrected chi connectivity index (χ1v) is 10.5. The lowest BCUT2D eigenvalue weighted by Gasteiger charge is -2.04. The van der Waals surface area contributed by atoms with Crippen LogP contribution in [0.3, 0.4) is 0 Å². The normalized spacial score (nSPS) is 10.1. The Morgan fingerprint density at radius 3 is 2.74 bits per heavy atom. The van der Waals surface area contributed by atoms with Gasteiger partial charge in [-0.1, -0.05) is 35.7 Å². The molecule has 0 saturated carbocycles. The van der Waals surface area contributed by atoms with Crippen molar-refractivity contribution in [3.8, 4) is 17.6 Å². The highest BCUT2D eigenvalue weighted by molar-refractivity contribution is 7.09. The molecule has 5 nitrogen and oxygen atoms in total. The maximum Gasteiger partial charge on any atom is 0.275 e.